The topological polar surface area (TPSA) is 88.2 Å². The Labute approximate surface area is 313 Å². The summed E-state index contributed by atoms with van der Waals surface area (Å²) in [7, 11) is 1.50. The van der Waals surface area contributed by atoms with Gasteiger partial charge in [-0.3, -0.25) is 14.9 Å². The van der Waals surface area contributed by atoms with Gasteiger partial charge in [0.15, 0.2) is 11.5 Å². The maximum atomic E-state index is 14.4. The summed E-state index contributed by atoms with van der Waals surface area (Å²) in [6, 6.07) is 35.1. The van der Waals surface area contributed by atoms with Gasteiger partial charge in [-0.25, -0.2) is 9.69 Å². The number of hydrogen-bond donors (Lipinski definition) is 1. The molecule has 0 bridgehead atoms. The second-order valence-corrected chi connectivity index (χ2v) is 14.1. The van der Waals surface area contributed by atoms with Crippen LogP contribution in [0.3, 0.4) is 0 Å². The molecule has 5 aromatic carbocycles. The second-order valence-electron chi connectivity index (χ2n) is 13.7. The van der Waals surface area contributed by atoms with Crippen molar-refractivity contribution < 1.29 is 23.9 Å². The van der Waals surface area contributed by atoms with Crippen LogP contribution in [0.25, 0.3) is 6.08 Å². The maximum Gasteiger partial charge on any atom is 0.335 e. The summed E-state index contributed by atoms with van der Waals surface area (Å²) in [4.78, 5) is 44.9. The molecule has 8 nitrogen and oxygen atoms in total. The van der Waals surface area contributed by atoms with Gasteiger partial charge >= 0.3 is 6.03 Å². The number of nitrogens with one attached hydrogen (secondary N) is 1. The number of halogens is 1. The number of urea groups is 1. The molecule has 8 rings (SSSR count). The van der Waals surface area contributed by atoms with E-state index in [0.29, 0.717) is 22.7 Å². The molecule has 0 radical (unpaired) electrons. The van der Waals surface area contributed by atoms with Crippen LogP contribution in [0.2, 0.25) is 5.02 Å². The van der Waals surface area contributed by atoms with Gasteiger partial charge in [-0.15, -0.1) is 0 Å². The summed E-state index contributed by atoms with van der Waals surface area (Å²) < 4.78 is 11.7. The highest BCUT2D eigenvalue weighted by atomic mass is 35.5. The fourth-order valence-electron chi connectivity index (χ4n) is 7.83. The van der Waals surface area contributed by atoms with E-state index in [1.54, 1.807) is 12.1 Å². The average Bonchev–Trinajstić information content (AvgIpc) is 3.17. The summed E-state index contributed by atoms with van der Waals surface area (Å²) in [5.74, 6) is -0.706. The maximum absolute atomic E-state index is 14.4. The normalized spacial score (nSPS) is 18.8. The highest BCUT2D eigenvalue weighted by molar-refractivity contribution is 6.39. The molecule has 3 aliphatic heterocycles. The van der Waals surface area contributed by atoms with E-state index in [0.717, 1.165) is 58.8 Å². The van der Waals surface area contributed by atoms with Crippen LogP contribution in [0, 0.1) is 6.92 Å². The van der Waals surface area contributed by atoms with Gasteiger partial charge in [0, 0.05) is 30.6 Å². The molecule has 0 aliphatic carbocycles. The Morgan fingerprint density at radius 3 is 2.00 bits per heavy atom. The zero-order valence-electron chi connectivity index (χ0n) is 29.5. The molecular formula is C44H38ClN3O5. The molecule has 3 aliphatic rings. The first-order valence-corrected chi connectivity index (χ1v) is 18.2. The van der Waals surface area contributed by atoms with Gasteiger partial charge in [-0.1, -0.05) is 102 Å². The lowest BCUT2D eigenvalue weighted by atomic mass is 9.76. The molecule has 0 aromatic heterocycles. The smallest absolute Gasteiger partial charge is 0.335 e. The zero-order valence-corrected chi connectivity index (χ0v) is 30.2. The minimum Gasteiger partial charge on any atom is -0.493 e. The van der Waals surface area contributed by atoms with Crippen LogP contribution in [-0.2, 0) is 16.2 Å². The number of aryl methyl sites for hydroxylation is 1. The van der Waals surface area contributed by atoms with E-state index in [1.807, 2.05) is 79.7 Å². The Morgan fingerprint density at radius 1 is 0.811 bits per heavy atom. The number of amides is 4. The Morgan fingerprint density at radius 2 is 1.42 bits per heavy atom. The van der Waals surface area contributed by atoms with E-state index in [1.165, 1.54) is 24.3 Å². The van der Waals surface area contributed by atoms with Crippen LogP contribution in [0.15, 0.2) is 115 Å². The number of hydrogen-bond acceptors (Lipinski definition) is 6. The molecule has 53 heavy (non-hydrogen) atoms. The fraction of sp³-hybridized carbons (Fsp3) is 0.205. The molecule has 0 saturated carbocycles. The number of imide groups is 2. The third-order valence-corrected chi connectivity index (χ3v) is 10.7. The van der Waals surface area contributed by atoms with Gasteiger partial charge in [0.1, 0.15) is 12.2 Å². The molecule has 1 fully saturated rings. The average molecular weight is 724 g/mol. The lowest BCUT2D eigenvalue weighted by Gasteiger charge is -2.44. The van der Waals surface area contributed by atoms with Crippen LogP contribution < -0.4 is 24.6 Å². The standard InChI is InChI=1S/C44H38ClN3O5/c1-27-13-15-28(16-14-27)26-53-41-38(45)22-29(23-39(41)52-2)21-37-42(49)46-44(51)48(43(37)50)32-24-35-33(30-9-5-3-6-10-30)17-19-47-20-18-34(36(25-32)40(35)47)31-11-7-4-8-12-31/h3-16,21-25,33-34H,17-20,26H2,1-2H3,(H,46,49,51)/b37-21+/t33-,34-/m1/s1. The summed E-state index contributed by atoms with van der Waals surface area (Å²) >= 11 is 6.70. The van der Waals surface area contributed by atoms with Crippen molar-refractivity contribution in [2.45, 2.75) is 38.2 Å². The molecule has 0 spiro atoms. The molecule has 1 N–H and O–H groups in total. The number of carbonyl (C=O) groups excluding carboxylic acids is 3. The highest BCUT2D eigenvalue weighted by Crippen LogP contribution is 2.50. The van der Waals surface area contributed by atoms with E-state index in [4.69, 9.17) is 21.1 Å². The Kier molecular flexibility index (Phi) is 9.22. The van der Waals surface area contributed by atoms with Crippen LogP contribution in [-0.4, -0.2) is 38.0 Å². The summed E-state index contributed by atoms with van der Waals surface area (Å²) in [5.41, 5.74) is 8.40. The van der Waals surface area contributed by atoms with Gasteiger partial charge < -0.3 is 14.4 Å². The van der Waals surface area contributed by atoms with Gasteiger partial charge in [0.05, 0.1) is 17.8 Å². The monoisotopic (exact) mass is 723 g/mol. The fourth-order valence-corrected chi connectivity index (χ4v) is 8.10. The third-order valence-electron chi connectivity index (χ3n) is 10.4. The van der Waals surface area contributed by atoms with Crippen molar-refractivity contribution in [2.24, 2.45) is 0 Å². The number of methoxy groups -OCH3 is 1. The van der Waals surface area contributed by atoms with E-state index in [9.17, 15) is 14.4 Å². The molecule has 266 valence electrons. The molecule has 1 saturated heterocycles. The number of anilines is 2. The molecule has 9 heteroatoms. The van der Waals surface area contributed by atoms with E-state index in [-0.39, 0.29) is 29.0 Å². The lowest BCUT2D eigenvalue weighted by Crippen LogP contribution is -2.54. The van der Waals surface area contributed by atoms with Crippen molar-refractivity contribution in [3.63, 3.8) is 0 Å². The van der Waals surface area contributed by atoms with Crippen molar-refractivity contribution in [2.75, 3.05) is 30.0 Å². The molecule has 5 aromatic rings. The Hall–Kier alpha value is -5.86. The number of carbonyl (C=O) groups is 3. The number of ether oxygens (including phenoxy) is 2. The van der Waals surface area contributed by atoms with Gasteiger partial charge in [-0.2, -0.15) is 0 Å². The van der Waals surface area contributed by atoms with Crippen LogP contribution >= 0.6 is 11.6 Å². The van der Waals surface area contributed by atoms with Crippen LogP contribution in [0.5, 0.6) is 11.5 Å². The number of nitrogens with zero attached hydrogens (tertiary/aromatic N) is 2. The van der Waals surface area contributed by atoms with Crippen molar-refractivity contribution in [1.82, 2.24) is 5.32 Å². The van der Waals surface area contributed by atoms with Crippen molar-refractivity contribution in [3.05, 3.63) is 159 Å². The van der Waals surface area contributed by atoms with E-state index in [2.05, 4.69) is 34.5 Å². The van der Waals surface area contributed by atoms with Crippen LogP contribution in [0.4, 0.5) is 16.2 Å². The molecule has 3 heterocycles. The zero-order chi connectivity index (χ0) is 36.6. The Bertz CT molecular complexity index is 2180. The second kappa shape index (κ2) is 14.3. The van der Waals surface area contributed by atoms with Gasteiger partial charge in [0.25, 0.3) is 11.8 Å². The minimum atomic E-state index is -0.796. The summed E-state index contributed by atoms with van der Waals surface area (Å²) in [5, 5.41) is 2.66. The first kappa shape index (κ1) is 34.2. The first-order valence-electron chi connectivity index (χ1n) is 17.8. The van der Waals surface area contributed by atoms with E-state index < -0.39 is 17.8 Å². The van der Waals surface area contributed by atoms with E-state index >= 15 is 0 Å². The quantitative estimate of drug-likeness (QED) is 0.127. The Balaban J connectivity index is 1.18. The largest absolute Gasteiger partial charge is 0.493 e. The van der Waals surface area contributed by atoms with Crippen molar-refractivity contribution in [3.8, 4) is 11.5 Å². The number of barbiturate groups is 1. The van der Waals surface area contributed by atoms with Gasteiger partial charge in [0.2, 0.25) is 0 Å². The molecular weight excluding hydrogens is 686 g/mol. The minimum absolute atomic E-state index is 0.0663. The van der Waals surface area contributed by atoms with Crippen LogP contribution in [0.1, 0.15) is 63.6 Å². The molecule has 0 unspecified atom stereocenters. The molecule has 4 amide bonds. The van der Waals surface area contributed by atoms with Gasteiger partial charge in [-0.05, 0) is 83.5 Å². The summed E-state index contributed by atoms with van der Waals surface area (Å²) in [6.45, 7) is 4.11. The molecule has 2 atom stereocenters. The lowest BCUT2D eigenvalue weighted by molar-refractivity contribution is -0.122. The first-order chi connectivity index (χ1) is 25.8. The highest BCUT2D eigenvalue weighted by Gasteiger charge is 2.40. The predicted molar refractivity (Wildman–Crippen MR) is 207 cm³/mol. The van der Waals surface area contributed by atoms with Crippen molar-refractivity contribution in [1.29, 1.82) is 0 Å². The predicted octanol–water partition coefficient (Wildman–Crippen LogP) is 8.78. The third kappa shape index (κ3) is 6.55. The van der Waals surface area contributed by atoms with Crippen molar-refractivity contribution >= 4 is 46.9 Å². The summed E-state index contributed by atoms with van der Waals surface area (Å²) in [6.07, 6.45) is 3.22. The number of rotatable bonds is 8. The SMILES string of the molecule is COc1cc(/C=C2\C(=O)NC(=O)N(c3cc4c5c(c3)[C@@H](c3ccccc3)CCN5CC[C@@H]4c3ccccc3)C2=O)cc(Cl)c1OCc1ccc(C)cc1. The number of benzene rings is 5.